The minimum Gasteiger partial charge on any atom is -0.368 e. The summed E-state index contributed by atoms with van der Waals surface area (Å²) in [7, 11) is 0. The minimum atomic E-state index is -0.411. The van der Waals surface area contributed by atoms with Crippen LogP contribution in [0.5, 0.6) is 0 Å². The number of nitrogens with two attached hydrogens (primary N) is 1. The van der Waals surface area contributed by atoms with Crippen LogP contribution in [0.4, 0.5) is 0 Å². The summed E-state index contributed by atoms with van der Waals surface area (Å²) in [6.07, 6.45) is 0.998. The molecule has 64 valence electrons. The van der Waals surface area contributed by atoms with Crippen molar-refractivity contribution in [3.63, 3.8) is 0 Å². The molecular formula is C6H13N3OS. The number of carbonyl (C=O) groups is 1. The Labute approximate surface area is 71.5 Å². The lowest BCUT2D eigenvalue weighted by molar-refractivity contribution is -0.116. The molecule has 0 radical (unpaired) electrons. The van der Waals surface area contributed by atoms with E-state index >= 15 is 0 Å². The van der Waals surface area contributed by atoms with E-state index in [1.807, 2.05) is 6.92 Å². The van der Waals surface area contributed by atoms with Gasteiger partial charge in [-0.05, 0) is 18.6 Å². The maximum absolute atomic E-state index is 10.2. The second-order valence-corrected chi connectivity index (χ2v) is 2.48. The highest BCUT2D eigenvalue weighted by Crippen LogP contribution is 1.71. The largest absolute Gasteiger partial charge is 0.368 e. The molecule has 0 unspecified atom stereocenters. The Hall–Kier alpha value is -0.840. The molecule has 0 aliphatic carbocycles. The number of primary amides is 1. The number of hydrogen-bond donors (Lipinski definition) is 3. The molecule has 0 fully saturated rings. The smallest absolute Gasteiger partial charge is 0.236 e. The molecule has 0 aromatic carbocycles. The molecule has 5 heteroatoms. The van der Waals surface area contributed by atoms with Crippen molar-refractivity contribution in [2.75, 3.05) is 13.1 Å². The van der Waals surface area contributed by atoms with Crippen molar-refractivity contribution in [3.05, 3.63) is 0 Å². The van der Waals surface area contributed by atoms with Gasteiger partial charge in [0.25, 0.3) is 0 Å². The first-order chi connectivity index (χ1) is 5.16. The summed E-state index contributed by atoms with van der Waals surface area (Å²) in [6.45, 7) is 2.93. The number of carbonyl (C=O) groups excluding carboxylic acids is 1. The number of rotatable bonds is 4. The molecule has 11 heavy (non-hydrogen) atoms. The maximum atomic E-state index is 10.2. The zero-order valence-electron chi connectivity index (χ0n) is 6.52. The van der Waals surface area contributed by atoms with Gasteiger partial charge in [0.15, 0.2) is 5.11 Å². The third kappa shape index (κ3) is 7.05. The van der Waals surface area contributed by atoms with Crippen molar-refractivity contribution >= 4 is 23.2 Å². The molecule has 0 saturated heterocycles. The first kappa shape index (κ1) is 10.2. The van der Waals surface area contributed by atoms with Gasteiger partial charge in [0.2, 0.25) is 5.91 Å². The van der Waals surface area contributed by atoms with Crippen LogP contribution in [0.25, 0.3) is 0 Å². The van der Waals surface area contributed by atoms with Gasteiger partial charge in [0, 0.05) is 6.54 Å². The van der Waals surface area contributed by atoms with Gasteiger partial charge in [-0.3, -0.25) is 4.79 Å². The Balaban J connectivity index is 3.30. The Kier molecular flexibility index (Phi) is 5.46. The van der Waals surface area contributed by atoms with Gasteiger partial charge >= 0.3 is 0 Å². The molecule has 0 heterocycles. The van der Waals surface area contributed by atoms with Gasteiger partial charge in [-0.1, -0.05) is 6.92 Å². The molecule has 0 aliphatic rings. The SMILES string of the molecule is CCCNC(=S)NCC(N)=O. The zero-order valence-corrected chi connectivity index (χ0v) is 7.33. The van der Waals surface area contributed by atoms with Gasteiger partial charge in [-0.2, -0.15) is 0 Å². The number of thiocarbonyl (C=S) groups is 1. The third-order valence-corrected chi connectivity index (χ3v) is 1.25. The zero-order chi connectivity index (χ0) is 8.69. The van der Waals surface area contributed by atoms with Crippen LogP contribution in [0.15, 0.2) is 0 Å². The Morgan fingerprint density at radius 3 is 2.64 bits per heavy atom. The van der Waals surface area contributed by atoms with Gasteiger partial charge < -0.3 is 16.4 Å². The molecule has 0 atom stereocenters. The van der Waals surface area contributed by atoms with E-state index in [4.69, 9.17) is 18.0 Å². The summed E-state index contributed by atoms with van der Waals surface area (Å²) in [5.74, 6) is -0.411. The Morgan fingerprint density at radius 2 is 2.18 bits per heavy atom. The van der Waals surface area contributed by atoms with Crippen molar-refractivity contribution in [2.24, 2.45) is 5.73 Å². The van der Waals surface area contributed by atoms with E-state index in [1.54, 1.807) is 0 Å². The van der Waals surface area contributed by atoms with E-state index in [2.05, 4.69) is 10.6 Å². The highest BCUT2D eigenvalue weighted by molar-refractivity contribution is 7.80. The van der Waals surface area contributed by atoms with Crippen LogP contribution in [-0.2, 0) is 4.79 Å². The summed E-state index contributed by atoms with van der Waals surface area (Å²) in [5.41, 5.74) is 4.88. The lowest BCUT2D eigenvalue weighted by Gasteiger charge is -2.06. The fourth-order valence-corrected chi connectivity index (χ4v) is 0.643. The molecule has 0 aliphatic heterocycles. The fourth-order valence-electron chi connectivity index (χ4n) is 0.468. The van der Waals surface area contributed by atoms with E-state index in [9.17, 15) is 4.79 Å². The Morgan fingerprint density at radius 1 is 1.55 bits per heavy atom. The van der Waals surface area contributed by atoms with Gasteiger partial charge in [0.05, 0.1) is 6.54 Å². The molecule has 0 bridgehead atoms. The second kappa shape index (κ2) is 5.91. The van der Waals surface area contributed by atoms with Crippen molar-refractivity contribution in [1.82, 2.24) is 10.6 Å². The second-order valence-electron chi connectivity index (χ2n) is 2.08. The van der Waals surface area contributed by atoms with Crippen LogP contribution in [0.1, 0.15) is 13.3 Å². The molecule has 0 spiro atoms. The summed E-state index contributed by atoms with van der Waals surface area (Å²) in [4.78, 5) is 10.2. The van der Waals surface area contributed by atoms with E-state index in [-0.39, 0.29) is 6.54 Å². The summed E-state index contributed by atoms with van der Waals surface area (Å²) < 4.78 is 0. The molecule has 1 amide bonds. The van der Waals surface area contributed by atoms with Crippen molar-refractivity contribution in [2.45, 2.75) is 13.3 Å². The van der Waals surface area contributed by atoms with Gasteiger partial charge in [-0.25, -0.2) is 0 Å². The molecule has 4 nitrogen and oxygen atoms in total. The predicted octanol–water partition coefficient (Wildman–Crippen LogP) is -0.654. The summed E-state index contributed by atoms with van der Waals surface area (Å²) in [6, 6.07) is 0. The highest BCUT2D eigenvalue weighted by atomic mass is 32.1. The van der Waals surface area contributed by atoms with E-state index in [1.165, 1.54) is 0 Å². The minimum absolute atomic E-state index is 0.0928. The molecule has 0 rings (SSSR count). The first-order valence-electron chi connectivity index (χ1n) is 3.46. The Bertz CT molecular complexity index is 149. The lowest BCUT2D eigenvalue weighted by Crippen LogP contribution is -2.40. The monoisotopic (exact) mass is 175 g/mol. The highest BCUT2D eigenvalue weighted by Gasteiger charge is 1.95. The maximum Gasteiger partial charge on any atom is 0.236 e. The van der Waals surface area contributed by atoms with Crippen LogP contribution in [0.3, 0.4) is 0 Å². The predicted molar refractivity (Wildman–Crippen MR) is 48.1 cm³/mol. The normalized spacial score (nSPS) is 8.82. The van der Waals surface area contributed by atoms with Crippen LogP contribution in [0, 0.1) is 0 Å². The molecular weight excluding hydrogens is 162 g/mol. The van der Waals surface area contributed by atoms with Crippen molar-refractivity contribution in [1.29, 1.82) is 0 Å². The number of nitrogens with one attached hydrogen (secondary N) is 2. The van der Waals surface area contributed by atoms with Gasteiger partial charge in [-0.15, -0.1) is 0 Å². The average Bonchev–Trinajstić information content (AvgIpc) is 1.97. The van der Waals surface area contributed by atoms with E-state index in [0.29, 0.717) is 5.11 Å². The van der Waals surface area contributed by atoms with Crippen LogP contribution >= 0.6 is 12.2 Å². The number of amides is 1. The molecule has 0 aromatic heterocycles. The van der Waals surface area contributed by atoms with Crippen LogP contribution in [-0.4, -0.2) is 24.1 Å². The van der Waals surface area contributed by atoms with Crippen molar-refractivity contribution < 1.29 is 4.79 Å². The fraction of sp³-hybridized carbons (Fsp3) is 0.667. The average molecular weight is 175 g/mol. The topological polar surface area (TPSA) is 67.2 Å². The van der Waals surface area contributed by atoms with Crippen LogP contribution in [0.2, 0.25) is 0 Å². The summed E-state index contributed by atoms with van der Waals surface area (Å²) in [5, 5.41) is 6.04. The number of hydrogen-bond acceptors (Lipinski definition) is 2. The lowest BCUT2D eigenvalue weighted by atomic mass is 10.5. The first-order valence-corrected chi connectivity index (χ1v) is 3.87. The molecule has 0 aromatic rings. The third-order valence-electron chi connectivity index (χ3n) is 0.959. The summed E-state index contributed by atoms with van der Waals surface area (Å²) >= 11 is 4.81. The van der Waals surface area contributed by atoms with E-state index in [0.717, 1.165) is 13.0 Å². The molecule has 0 saturated carbocycles. The van der Waals surface area contributed by atoms with Crippen LogP contribution < -0.4 is 16.4 Å². The molecule has 4 N–H and O–H groups in total. The van der Waals surface area contributed by atoms with Crippen molar-refractivity contribution in [3.8, 4) is 0 Å². The standard InChI is InChI=1S/C6H13N3OS/c1-2-3-8-6(11)9-4-5(7)10/h2-4H2,1H3,(H2,7,10)(H2,8,9,11). The van der Waals surface area contributed by atoms with E-state index < -0.39 is 5.91 Å². The quantitative estimate of drug-likeness (QED) is 0.497. The van der Waals surface area contributed by atoms with Gasteiger partial charge in [0.1, 0.15) is 0 Å².